The van der Waals surface area contributed by atoms with Crippen LogP contribution < -0.4 is 16.8 Å². The molecule has 150 heavy (non-hydrogen) atoms. The van der Waals surface area contributed by atoms with Gasteiger partial charge in [-0.25, -0.2) is 22.4 Å². The van der Waals surface area contributed by atoms with Gasteiger partial charge in [-0.2, -0.15) is 0 Å². The average Bonchev–Trinajstić information content (AvgIpc) is 1.56. The van der Waals surface area contributed by atoms with Crippen LogP contribution in [0.5, 0.6) is 0 Å². The minimum atomic E-state index is -1.56. The van der Waals surface area contributed by atoms with Gasteiger partial charge in [0.15, 0.2) is 49.1 Å². The van der Waals surface area contributed by atoms with Crippen molar-refractivity contribution in [3.05, 3.63) is 190 Å². The third-order valence-electron chi connectivity index (χ3n) is 29.7. The maximum absolute atomic E-state index is 16.3. The monoisotopic (exact) mass is 2080 g/mol. The van der Waals surface area contributed by atoms with Crippen LogP contribution in [0.2, 0.25) is 0 Å². The number of hydrogen-bond acceptors (Lipinski definition) is 24. The first-order valence-electron chi connectivity index (χ1n) is 51.9. The number of halogens is 4. The first-order valence-corrected chi connectivity index (χ1v) is 51.9. The van der Waals surface area contributed by atoms with Crippen LogP contribution in [0.1, 0.15) is 214 Å². The summed E-state index contributed by atoms with van der Waals surface area (Å²) in [5.41, 5.74) is 20.1. The number of aromatic amines is 2. The molecule has 33 nitrogen and oxygen atoms in total. The Labute approximate surface area is 868 Å². The number of amides is 5. The lowest BCUT2D eigenvalue weighted by Gasteiger charge is -2.44. The van der Waals surface area contributed by atoms with Gasteiger partial charge in [0.2, 0.25) is 23.6 Å². The number of esters is 7. The van der Waals surface area contributed by atoms with E-state index in [-0.39, 0.29) is 104 Å². The highest BCUT2D eigenvalue weighted by Gasteiger charge is 2.56. The molecule has 0 bridgehead atoms. The molecule has 10 heterocycles. The topological polar surface area (TPSA) is 416 Å². The first kappa shape index (κ1) is 111. The molecule has 6 aliphatic heterocycles. The lowest BCUT2D eigenvalue weighted by Crippen LogP contribution is -2.58. The second-order valence-corrected chi connectivity index (χ2v) is 41.8. The van der Waals surface area contributed by atoms with Gasteiger partial charge in [-0.15, -0.1) is 0 Å². The third kappa shape index (κ3) is 24.5. The fourth-order valence-corrected chi connectivity index (χ4v) is 22.5. The van der Waals surface area contributed by atoms with Crippen molar-refractivity contribution in [2.45, 2.75) is 311 Å². The van der Waals surface area contributed by atoms with Crippen molar-refractivity contribution in [3.63, 3.8) is 0 Å². The highest BCUT2D eigenvalue weighted by atomic mass is 19.1. The molecular weight excluding hydrogens is 1940 g/mol. The molecule has 6 aromatic carbocycles. The van der Waals surface area contributed by atoms with Gasteiger partial charge >= 0.3 is 47.9 Å². The highest BCUT2D eigenvalue weighted by molar-refractivity contribution is 6.00. The van der Waals surface area contributed by atoms with Crippen molar-refractivity contribution in [1.82, 2.24) is 44.0 Å². The van der Waals surface area contributed by atoms with Crippen molar-refractivity contribution >= 4 is 115 Å². The minimum Gasteiger partial charge on any atom is -0.461 e. The number of hydrogen-bond donors (Lipinski definition) is 5. The zero-order chi connectivity index (χ0) is 108. The predicted molar refractivity (Wildman–Crippen MR) is 548 cm³/mol. The van der Waals surface area contributed by atoms with E-state index >= 15 is 22.4 Å². The van der Waals surface area contributed by atoms with Crippen LogP contribution in [0.15, 0.2) is 133 Å². The quantitative estimate of drug-likeness (QED) is 0.0145. The molecule has 7 N–H and O–H groups in total. The second-order valence-electron chi connectivity index (χ2n) is 41.8. The number of H-pyrrole nitrogens is 2. The summed E-state index contributed by atoms with van der Waals surface area (Å²) in [5, 5.41) is 5.16. The lowest BCUT2D eigenvalue weighted by molar-refractivity contribution is -0.258. The Morgan fingerprint density at radius 3 is 1.07 bits per heavy atom. The number of likely N-dealkylation sites (tertiary alicyclic amines) is 4. The Hall–Kier alpha value is -13.5. The number of ether oxygens (including phenoxy) is 10. The molecule has 804 valence electrons. The number of nitrogens with one attached hydrogen (secondary N) is 3. The standard InChI is InChI=1S/C65H75F2N5O13.C48H62F2N6O9/c1-36(2)50(33-55(76)80-34-42-17-11-9-12-18-42)62(77)70-27-15-21-46(70)31-51-48-25-23-44(66)29-53(48)68-57(51)58-52(32-47-22-16-28-71(47)63(78)56(37(3)4)69-65(79)81-35-43-19-13-10-14-20-43)49-26-24-45(67)30-54(49)72(58)64-61(85-41(8)75)60(84-40(7)74)59(38(5)82-64)83-39(6)73;1-23(2)39(51)46(60)54-17-9-11-31(54)21-35-33-15-13-29(49)19-37(33)53-41(35)42-36(22-32-12-10-18-55(32)47(61)40(52)24(3)4)34-16-14-30(50)20-38(34)56(42)48-45(65-28(8)59)44(64-27(7)58)43(25(5)62-48)63-26(6)57/h9-14,17-20,23-26,29-30,36-38,46-47,50,56,59-61,64,68H,15-16,21-22,27-28,31-35H2,1-8H3,(H,69,79);13-16,19-20,23-25,31-32,39-40,43-45,48,53H,9-12,17-18,21-22,51-52H2,1-8H3/t38-,46-,47-,50-,56-,59+,60+,61-,64-;25-,31-,32-,39-,40-,43+,44+,45-,48-/m00/s1. The molecule has 4 aromatic heterocycles. The molecule has 0 unspecified atom stereocenters. The predicted octanol–water partition coefficient (Wildman–Crippen LogP) is 16.0. The van der Waals surface area contributed by atoms with E-state index in [1.807, 2.05) is 131 Å². The zero-order valence-electron chi connectivity index (χ0n) is 87.7. The van der Waals surface area contributed by atoms with Gasteiger partial charge in [-0.1, -0.05) is 116 Å². The van der Waals surface area contributed by atoms with E-state index in [4.69, 9.17) is 58.8 Å². The van der Waals surface area contributed by atoms with Gasteiger partial charge in [-0.3, -0.25) is 52.7 Å². The molecule has 6 fully saturated rings. The maximum atomic E-state index is 16.3. The van der Waals surface area contributed by atoms with Gasteiger partial charge in [0.25, 0.3) is 0 Å². The van der Waals surface area contributed by atoms with E-state index in [1.54, 1.807) is 52.1 Å². The summed E-state index contributed by atoms with van der Waals surface area (Å²) in [5.74, 6) is -9.86. The number of nitrogens with two attached hydrogens (primary N) is 2. The minimum absolute atomic E-state index is 0.0127. The molecule has 37 heteroatoms. The largest absolute Gasteiger partial charge is 0.461 e. The number of carbonyl (C=O) groups excluding carboxylic acids is 12. The van der Waals surface area contributed by atoms with Crippen LogP contribution in [0.25, 0.3) is 66.4 Å². The molecule has 0 spiro atoms. The van der Waals surface area contributed by atoms with E-state index in [1.165, 1.54) is 76.2 Å². The molecule has 6 saturated heterocycles. The molecule has 6 aliphatic rings. The Kier molecular flexibility index (Phi) is 35.2. The summed E-state index contributed by atoms with van der Waals surface area (Å²) in [6.45, 7) is 27.0. The molecule has 16 rings (SSSR count). The lowest BCUT2D eigenvalue weighted by atomic mass is 9.90. The SMILES string of the molecule is CC(=O)O[C@@H]1[C@H](OC(C)=O)[C@H](C)O[C@H](n2c(-c3[nH]c4cc(F)ccc4c3C[C@@H]3CCCN3C(=O)[C@@H](CC(=O)OCc3ccccc3)C(C)C)c(C[C@@H]3CCCN3C(=O)[C@@H](NC(=O)OCc3ccccc3)C(C)C)c3ccc(F)cc32)[C@H]1OC(C)=O.CC(=O)O[C@@H]1[C@H](OC(C)=O)[C@H](C)O[C@H](n2c(-c3[nH]c4cc(F)ccc4c3C[C@@H]3CCCN3C(=O)[C@@H](N)C(C)C)c(C[C@@H]3CCCN3C(=O)[C@@H](N)C(C)C)c3ccc(F)cc32)[C@H]1OC(C)=O. The Morgan fingerprint density at radius 1 is 0.387 bits per heavy atom. The molecule has 5 amide bonds. The van der Waals surface area contributed by atoms with Gasteiger partial charge in [0.1, 0.15) is 42.5 Å². The van der Waals surface area contributed by atoms with Crippen LogP contribution in [-0.4, -0.2) is 228 Å². The fourth-order valence-electron chi connectivity index (χ4n) is 22.5. The molecule has 0 saturated carbocycles. The summed E-state index contributed by atoms with van der Waals surface area (Å²) in [4.78, 5) is 177. The normalized spacial score (nSPS) is 22.7. The van der Waals surface area contributed by atoms with Gasteiger partial charge < -0.3 is 103 Å². The maximum Gasteiger partial charge on any atom is 0.408 e. The average molecular weight is 2080 g/mol. The first-order chi connectivity index (χ1) is 71.4. The van der Waals surface area contributed by atoms with Crippen LogP contribution >= 0.6 is 0 Å². The van der Waals surface area contributed by atoms with Crippen LogP contribution in [0.3, 0.4) is 0 Å². The van der Waals surface area contributed by atoms with Gasteiger partial charge in [0.05, 0.1) is 70.4 Å². The molecule has 18 atom stereocenters. The number of fused-ring (bicyclic) bond motifs is 4. The Morgan fingerprint density at radius 2 is 0.713 bits per heavy atom. The number of nitrogens with zero attached hydrogens (tertiary/aromatic N) is 6. The van der Waals surface area contributed by atoms with Crippen molar-refractivity contribution in [3.8, 4) is 22.8 Å². The molecule has 0 radical (unpaired) electrons. The van der Waals surface area contributed by atoms with Crippen LogP contribution in [0, 0.1) is 52.9 Å². The summed E-state index contributed by atoms with van der Waals surface area (Å²) >= 11 is 0. The van der Waals surface area contributed by atoms with E-state index in [0.717, 1.165) is 37.0 Å². The molecular formula is C113H137F4N11O22. The number of carbonyl (C=O) groups is 12. The van der Waals surface area contributed by atoms with Crippen LogP contribution in [0.4, 0.5) is 22.4 Å². The van der Waals surface area contributed by atoms with E-state index < -0.39 is 169 Å². The zero-order valence-corrected chi connectivity index (χ0v) is 87.7. The van der Waals surface area contributed by atoms with Crippen LogP contribution in [-0.2, 0) is 139 Å². The second kappa shape index (κ2) is 47.8. The Bertz CT molecular complexity index is 6660. The van der Waals surface area contributed by atoms with Crippen molar-refractivity contribution < 1.29 is 122 Å². The summed E-state index contributed by atoms with van der Waals surface area (Å²) in [7, 11) is 0. The molecule has 10 aromatic rings. The Balaban J connectivity index is 0.000000232. The third-order valence-corrected chi connectivity index (χ3v) is 29.7. The van der Waals surface area contributed by atoms with Crippen molar-refractivity contribution in [2.75, 3.05) is 26.2 Å². The summed E-state index contributed by atoms with van der Waals surface area (Å²) in [6, 6.07) is 31.6. The highest BCUT2D eigenvalue weighted by Crippen LogP contribution is 2.51. The van der Waals surface area contributed by atoms with E-state index in [0.29, 0.717) is 155 Å². The van der Waals surface area contributed by atoms with E-state index in [2.05, 4.69) is 15.3 Å². The summed E-state index contributed by atoms with van der Waals surface area (Å²) < 4.78 is 127. The smallest absolute Gasteiger partial charge is 0.408 e. The van der Waals surface area contributed by atoms with Gasteiger partial charge in [0, 0.05) is 124 Å². The molecule has 0 aliphatic carbocycles. The number of alkyl carbamates (subject to hydrolysis) is 1. The number of benzene rings is 6. The van der Waals surface area contributed by atoms with Crippen molar-refractivity contribution in [2.24, 2.45) is 41.1 Å². The van der Waals surface area contributed by atoms with E-state index in [9.17, 15) is 52.7 Å². The van der Waals surface area contributed by atoms with Crippen molar-refractivity contribution in [1.29, 1.82) is 0 Å². The van der Waals surface area contributed by atoms with Gasteiger partial charge in [-0.05, 0) is 221 Å². The fraction of sp³-hybridized carbons (Fsp3) is 0.504. The number of aromatic nitrogens is 4. The summed E-state index contributed by atoms with van der Waals surface area (Å²) in [6.07, 6.45) is -8.26. The number of rotatable bonds is 33.